The van der Waals surface area contributed by atoms with Gasteiger partial charge in [-0.05, 0) is 25.0 Å². The van der Waals surface area contributed by atoms with Gasteiger partial charge in [0.05, 0.1) is 0 Å². The topological polar surface area (TPSA) is 20.3 Å². The molecule has 1 aromatic carbocycles. The van der Waals surface area contributed by atoms with E-state index in [2.05, 4.69) is 0 Å². The zero-order valence-corrected chi connectivity index (χ0v) is 7.82. The summed E-state index contributed by atoms with van der Waals surface area (Å²) in [5.74, 6) is -0.401. The molecule has 1 amide bonds. The van der Waals surface area contributed by atoms with E-state index in [1.54, 1.807) is 0 Å². The van der Waals surface area contributed by atoms with Crippen molar-refractivity contribution in [1.82, 2.24) is 0 Å². The van der Waals surface area contributed by atoms with Crippen LogP contribution in [0, 0.1) is 0 Å². The van der Waals surface area contributed by atoms with E-state index in [1.165, 1.54) is 4.90 Å². The van der Waals surface area contributed by atoms with Gasteiger partial charge in [-0.2, -0.15) is 0 Å². The number of hydrogen-bond donors (Lipinski definition) is 0. The highest BCUT2D eigenvalue weighted by atomic mass is 19.1. The lowest BCUT2D eigenvalue weighted by Gasteiger charge is -2.28. The van der Waals surface area contributed by atoms with Gasteiger partial charge in [-0.3, -0.25) is 4.79 Å². The lowest BCUT2D eigenvalue weighted by molar-refractivity contribution is -0.124. The second-order valence-electron chi connectivity index (χ2n) is 3.44. The lowest BCUT2D eigenvalue weighted by atomic mass is 10.1. The molecule has 0 bridgehead atoms. The fourth-order valence-electron chi connectivity index (χ4n) is 1.70. The maximum Gasteiger partial charge on any atom is 0.261 e. The van der Waals surface area contributed by atoms with E-state index in [0.717, 1.165) is 12.1 Å². The first-order chi connectivity index (χ1) is 6.79. The summed E-state index contributed by atoms with van der Waals surface area (Å²) < 4.78 is 13.1. The summed E-state index contributed by atoms with van der Waals surface area (Å²) in [5.41, 5.74) is 0.792. The molecule has 0 N–H and O–H groups in total. The summed E-state index contributed by atoms with van der Waals surface area (Å²) in [6.45, 7) is 0.628. The van der Waals surface area contributed by atoms with Gasteiger partial charge in [0.1, 0.15) is 0 Å². The molecule has 1 aromatic rings. The summed E-state index contributed by atoms with van der Waals surface area (Å²) in [7, 11) is 0. The van der Waals surface area contributed by atoms with Crippen LogP contribution in [0.25, 0.3) is 0 Å². The van der Waals surface area contributed by atoms with E-state index in [-0.39, 0.29) is 0 Å². The fraction of sp³-hybridized carbons (Fsp3) is 0.364. The number of alkyl halides is 1. The minimum atomic E-state index is -1.32. The average molecular weight is 193 g/mol. The Morgan fingerprint density at radius 1 is 1.29 bits per heavy atom. The van der Waals surface area contributed by atoms with Crippen molar-refractivity contribution in [3.05, 3.63) is 30.3 Å². The smallest absolute Gasteiger partial charge is 0.261 e. The Kier molecular flexibility index (Phi) is 2.48. The van der Waals surface area contributed by atoms with Crippen LogP contribution < -0.4 is 4.90 Å². The summed E-state index contributed by atoms with van der Waals surface area (Å²) in [5, 5.41) is 0. The molecule has 14 heavy (non-hydrogen) atoms. The first-order valence-electron chi connectivity index (χ1n) is 4.79. The van der Waals surface area contributed by atoms with Crippen molar-refractivity contribution in [3.8, 4) is 0 Å². The standard InChI is InChI=1S/C11H12FNO/c12-10-7-4-8-13(11(10)14)9-5-2-1-3-6-9/h1-3,5-6,10H,4,7-8H2. The van der Waals surface area contributed by atoms with Crippen molar-refractivity contribution in [2.24, 2.45) is 0 Å². The van der Waals surface area contributed by atoms with Crippen LogP contribution in [0.3, 0.4) is 0 Å². The Hall–Kier alpha value is -1.38. The number of amides is 1. The van der Waals surface area contributed by atoms with Crippen molar-refractivity contribution >= 4 is 11.6 Å². The Morgan fingerprint density at radius 2 is 2.00 bits per heavy atom. The molecule has 0 aliphatic carbocycles. The van der Waals surface area contributed by atoms with Gasteiger partial charge in [0.25, 0.3) is 5.91 Å². The van der Waals surface area contributed by atoms with E-state index in [1.807, 2.05) is 30.3 Å². The molecular formula is C11H12FNO. The molecule has 1 atom stereocenters. The summed E-state index contributed by atoms with van der Waals surface area (Å²) >= 11 is 0. The molecule has 0 aromatic heterocycles. The molecule has 1 unspecified atom stereocenters. The number of nitrogens with zero attached hydrogens (tertiary/aromatic N) is 1. The molecule has 0 spiro atoms. The highest BCUT2D eigenvalue weighted by molar-refractivity contribution is 5.97. The van der Waals surface area contributed by atoms with E-state index in [9.17, 15) is 9.18 Å². The van der Waals surface area contributed by atoms with Crippen LogP contribution >= 0.6 is 0 Å². The van der Waals surface area contributed by atoms with Crippen LogP contribution in [-0.4, -0.2) is 18.6 Å². The zero-order chi connectivity index (χ0) is 9.97. The van der Waals surface area contributed by atoms with Crippen molar-refractivity contribution < 1.29 is 9.18 Å². The van der Waals surface area contributed by atoms with Crippen LogP contribution in [0.4, 0.5) is 10.1 Å². The van der Waals surface area contributed by atoms with Gasteiger partial charge < -0.3 is 4.90 Å². The highest BCUT2D eigenvalue weighted by Gasteiger charge is 2.28. The number of carbonyl (C=O) groups is 1. The van der Waals surface area contributed by atoms with E-state index < -0.39 is 12.1 Å². The van der Waals surface area contributed by atoms with Crippen LogP contribution in [-0.2, 0) is 4.79 Å². The van der Waals surface area contributed by atoms with Crippen LogP contribution in [0.1, 0.15) is 12.8 Å². The molecule has 0 radical (unpaired) electrons. The number of piperidine rings is 1. The molecular weight excluding hydrogens is 181 g/mol. The minimum Gasteiger partial charge on any atom is -0.310 e. The monoisotopic (exact) mass is 193 g/mol. The number of rotatable bonds is 1. The first-order valence-corrected chi connectivity index (χ1v) is 4.79. The second kappa shape index (κ2) is 3.78. The maximum absolute atomic E-state index is 13.1. The second-order valence-corrected chi connectivity index (χ2v) is 3.44. The van der Waals surface area contributed by atoms with Crippen molar-refractivity contribution in [3.63, 3.8) is 0 Å². The molecule has 74 valence electrons. The molecule has 1 saturated heterocycles. The van der Waals surface area contributed by atoms with Crippen molar-refractivity contribution in [1.29, 1.82) is 0 Å². The van der Waals surface area contributed by atoms with E-state index in [4.69, 9.17) is 0 Å². The summed E-state index contributed by atoms with van der Waals surface area (Å²) in [6, 6.07) is 9.24. The maximum atomic E-state index is 13.1. The molecule has 1 heterocycles. The number of carbonyl (C=O) groups excluding carboxylic acids is 1. The number of hydrogen-bond acceptors (Lipinski definition) is 1. The van der Waals surface area contributed by atoms with Crippen LogP contribution in [0.2, 0.25) is 0 Å². The molecule has 1 aliphatic rings. The molecule has 1 aliphatic heterocycles. The quantitative estimate of drug-likeness (QED) is 0.669. The van der Waals surface area contributed by atoms with Gasteiger partial charge in [0, 0.05) is 12.2 Å². The van der Waals surface area contributed by atoms with E-state index in [0.29, 0.717) is 13.0 Å². The van der Waals surface area contributed by atoms with Gasteiger partial charge in [-0.15, -0.1) is 0 Å². The number of para-hydroxylation sites is 1. The number of anilines is 1. The van der Waals surface area contributed by atoms with Crippen LogP contribution in [0.5, 0.6) is 0 Å². The molecule has 0 saturated carbocycles. The van der Waals surface area contributed by atoms with Gasteiger partial charge in [0.2, 0.25) is 0 Å². The Labute approximate surface area is 82.3 Å². The normalized spacial score (nSPS) is 22.5. The summed E-state index contributed by atoms with van der Waals surface area (Å²) in [4.78, 5) is 13.0. The van der Waals surface area contributed by atoms with Crippen molar-refractivity contribution in [2.45, 2.75) is 19.0 Å². The molecule has 2 nitrogen and oxygen atoms in total. The van der Waals surface area contributed by atoms with E-state index >= 15 is 0 Å². The van der Waals surface area contributed by atoms with Gasteiger partial charge in [0.15, 0.2) is 6.17 Å². The number of halogens is 1. The third-order valence-corrected chi connectivity index (χ3v) is 2.44. The first kappa shape index (κ1) is 9.19. The zero-order valence-electron chi connectivity index (χ0n) is 7.82. The average Bonchev–Trinajstić information content (AvgIpc) is 2.23. The van der Waals surface area contributed by atoms with Gasteiger partial charge >= 0.3 is 0 Å². The third-order valence-electron chi connectivity index (χ3n) is 2.44. The Morgan fingerprint density at radius 3 is 2.71 bits per heavy atom. The van der Waals surface area contributed by atoms with Gasteiger partial charge in [-0.25, -0.2) is 4.39 Å². The fourth-order valence-corrected chi connectivity index (χ4v) is 1.70. The largest absolute Gasteiger partial charge is 0.310 e. The van der Waals surface area contributed by atoms with Gasteiger partial charge in [-0.1, -0.05) is 18.2 Å². The number of benzene rings is 1. The lowest BCUT2D eigenvalue weighted by Crippen LogP contribution is -2.42. The third kappa shape index (κ3) is 1.62. The molecule has 2 rings (SSSR count). The highest BCUT2D eigenvalue weighted by Crippen LogP contribution is 2.21. The predicted molar refractivity (Wildman–Crippen MR) is 52.9 cm³/mol. The molecule has 3 heteroatoms. The molecule has 1 fully saturated rings. The summed E-state index contributed by atoms with van der Waals surface area (Å²) in [6.07, 6.45) is -0.215. The SMILES string of the molecule is O=C1C(F)CCCN1c1ccccc1. The minimum absolute atomic E-state index is 0.363. The van der Waals surface area contributed by atoms with Crippen LogP contribution in [0.15, 0.2) is 30.3 Å². The Bertz CT molecular complexity index is 325. The van der Waals surface area contributed by atoms with Crippen molar-refractivity contribution in [2.75, 3.05) is 11.4 Å². The Balaban J connectivity index is 2.22. The predicted octanol–water partition coefficient (Wildman–Crippen LogP) is 2.15.